The minimum absolute atomic E-state index is 0.0925. The Morgan fingerprint density at radius 3 is 2.05 bits per heavy atom. The van der Waals surface area contributed by atoms with Crippen LogP contribution in [0.2, 0.25) is 0 Å². The van der Waals surface area contributed by atoms with E-state index in [1.807, 2.05) is 31.2 Å². The van der Waals surface area contributed by atoms with E-state index >= 15 is 0 Å². The van der Waals surface area contributed by atoms with Gasteiger partial charge in [0.15, 0.2) is 0 Å². The molecule has 1 amide bonds. The van der Waals surface area contributed by atoms with Crippen LogP contribution in [-0.4, -0.2) is 56.8 Å². The number of methoxy groups -OCH3 is 1. The van der Waals surface area contributed by atoms with Crippen LogP contribution < -0.4 is 10.1 Å². The number of alkyl carbamates (subject to hydrolysis) is 1. The van der Waals surface area contributed by atoms with Crippen molar-refractivity contribution in [1.29, 1.82) is 0 Å². The van der Waals surface area contributed by atoms with Crippen LogP contribution >= 0.6 is 0 Å². The molecule has 3 aromatic rings. The lowest BCUT2D eigenvalue weighted by Gasteiger charge is -2.53. The fourth-order valence-electron chi connectivity index (χ4n) is 5.47. The highest BCUT2D eigenvalue weighted by atomic mass is 16.9. The zero-order valence-corrected chi connectivity index (χ0v) is 21.4. The van der Waals surface area contributed by atoms with Gasteiger partial charge in [-0.15, -0.1) is 0 Å². The topological polar surface area (TPSA) is 95.5 Å². The summed E-state index contributed by atoms with van der Waals surface area (Å²) in [5, 5.41) is 14.2. The molecule has 38 heavy (non-hydrogen) atoms. The second kappa shape index (κ2) is 9.71. The molecule has 3 saturated heterocycles. The number of ether oxygens (including phenoxy) is 5. The Bertz CT molecular complexity index is 1250. The van der Waals surface area contributed by atoms with E-state index in [0.717, 1.165) is 22.3 Å². The molecule has 2 atom stereocenters. The number of amides is 1. The summed E-state index contributed by atoms with van der Waals surface area (Å²) in [4.78, 5) is 13.2. The Hall–Kier alpha value is -3.43. The average Bonchev–Trinajstić information content (AvgIpc) is 3.29. The van der Waals surface area contributed by atoms with Crippen molar-refractivity contribution >= 4 is 6.09 Å². The van der Waals surface area contributed by atoms with E-state index in [2.05, 4.69) is 29.6 Å². The Balaban J connectivity index is 1.22. The van der Waals surface area contributed by atoms with Crippen molar-refractivity contribution in [1.82, 2.24) is 5.32 Å². The summed E-state index contributed by atoms with van der Waals surface area (Å²) in [7, 11) is 1.57. The molecule has 8 heteroatoms. The lowest BCUT2D eigenvalue weighted by molar-refractivity contribution is -0.478. The first-order valence-electron chi connectivity index (χ1n) is 12.8. The number of fused-ring (bicyclic) bond motifs is 6. The van der Waals surface area contributed by atoms with Crippen molar-refractivity contribution in [3.63, 3.8) is 0 Å². The molecule has 1 aliphatic carbocycles. The average molecular weight is 518 g/mol. The van der Waals surface area contributed by atoms with Gasteiger partial charge in [-0.2, -0.15) is 0 Å². The molecule has 2 N–H and O–H groups in total. The third-order valence-corrected chi connectivity index (χ3v) is 7.64. The number of rotatable bonds is 7. The first-order chi connectivity index (χ1) is 18.4. The van der Waals surface area contributed by atoms with E-state index in [0.29, 0.717) is 31.1 Å². The van der Waals surface area contributed by atoms with Crippen LogP contribution in [0.15, 0.2) is 72.8 Å². The lowest BCUT2D eigenvalue weighted by Crippen LogP contribution is -2.68. The monoisotopic (exact) mass is 517 g/mol. The first kappa shape index (κ1) is 24.9. The number of carbonyl (C=O) groups is 1. The van der Waals surface area contributed by atoms with Gasteiger partial charge in [-0.3, -0.25) is 0 Å². The quantitative estimate of drug-likeness (QED) is 0.481. The molecule has 3 aromatic carbocycles. The standard InChI is InChI=1S/C30H31NO7/c1-29-16-36-30(37-17-29,38-18-29)27(26(32)19-11-13-20(34-2)14-12-19)31-28(33)35-15-25-23-9-5-3-7-21(23)22-8-4-6-10-24(22)25/h3-14,25-27,32H,15-18H2,1-2H3,(H,31,33)/t26-,27-,29?,30?/m0/s1. The van der Waals surface area contributed by atoms with Gasteiger partial charge in [-0.05, 0) is 39.9 Å². The van der Waals surface area contributed by atoms with E-state index in [1.165, 1.54) is 0 Å². The second-order valence-corrected chi connectivity index (χ2v) is 10.4. The van der Waals surface area contributed by atoms with Crippen LogP contribution in [0.4, 0.5) is 4.79 Å². The van der Waals surface area contributed by atoms with Crippen molar-refractivity contribution in [3.8, 4) is 16.9 Å². The number of aliphatic hydroxyl groups excluding tert-OH is 1. The summed E-state index contributed by atoms with van der Waals surface area (Å²) in [6.45, 7) is 3.28. The second-order valence-electron chi connectivity index (χ2n) is 10.4. The molecule has 198 valence electrons. The van der Waals surface area contributed by atoms with E-state index in [-0.39, 0.29) is 17.9 Å². The molecule has 0 radical (unpaired) electrons. The zero-order chi connectivity index (χ0) is 26.3. The maximum Gasteiger partial charge on any atom is 0.407 e. The SMILES string of the molecule is COc1ccc([C@H](O)[C@H](NC(=O)OCC2c3ccccc3-c3ccccc32)C23OCC(C)(CO2)CO3)cc1. The van der Waals surface area contributed by atoms with Gasteiger partial charge in [0.1, 0.15) is 24.5 Å². The van der Waals surface area contributed by atoms with Crippen LogP contribution in [-0.2, 0) is 18.9 Å². The summed E-state index contributed by atoms with van der Waals surface area (Å²) < 4.78 is 29.0. The number of hydrogen-bond donors (Lipinski definition) is 2. The van der Waals surface area contributed by atoms with Crippen molar-refractivity contribution in [2.75, 3.05) is 33.5 Å². The highest BCUT2D eigenvalue weighted by molar-refractivity contribution is 5.79. The Kier molecular flexibility index (Phi) is 6.36. The van der Waals surface area contributed by atoms with Crippen molar-refractivity contribution in [3.05, 3.63) is 89.5 Å². The summed E-state index contributed by atoms with van der Waals surface area (Å²) in [5.74, 6) is -1.08. The number of hydrogen-bond acceptors (Lipinski definition) is 7. The molecule has 3 heterocycles. The summed E-state index contributed by atoms with van der Waals surface area (Å²) >= 11 is 0. The number of aliphatic hydroxyl groups is 1. The number of benzene rings is 3. The van der Waals surface area contributed by atoms with E-state index in [4.69, 9.17) is 23.7 Å². The molecule has 2 bridgehead atoms. The number of carbonyl (C=O) groups excluding carboxylic acids is 1. The maximum atomic E-state index is 13.2. The van der Waals surface area contributed by atoms with E-state index < -0.39 is 24.2 Å². The van der Waals surface area contributed by atoms with E-state index in [1.54, 1.807) is 31.4 Å². The Labute approximate surface area is 221 Å². The minimum atomic E-state index is -1.64. The molecule has 7 rings (SSSR count). The molecule has 0 aromatic heterocycles. The van der Waals surface area contributed by atoms with Gasteiger partial charge in [-0.1, -0.05) is 67.6 Å². The third kappa shape index (κ3) is 4.33. The van der Waals surface area contributed by atoms with Crippen LogP contribution in [0, 0.1) is 5.41 Å². The van der Waals surface area contributed by atoms with Crippen LogP contribution in [0.5, 0.6) is 5.75 Å². The molecule has 0 unspecified atom stereocenters. The maximum absolute atomic E-state index is 13.2. The Morgan fingerprint density at radius 1 is 0.947 bits per heavy atom. The summed E-state index contributed by atoms with van der Waals surface area (Å²) in [5.41, 5.74) is 4.78. The van der Waals surface area contributed by atoms with Crippen molar-refractivity contribution in [2.45, 2.75) is 31.0 Å². The van der Waals surface area contributed by atoms with Gasteiger partial charge in [0.2, 0.25) is 0 Å². The normalized spacial score (nSPS) is 25.2. The predicted octanol–water partition coefficient (Wildman–Crippen LogP) is 4.37. The van der Waals surface area contributed by atoms with Gasteiger partial charge in [0, 0.05) is 11.3 Å². The largest absolute Gasteiger partial charge is 0.497 e. The molecular weight excluding hydrogens is 486 g/mol. The van der Waals surface area contributed by atoms with Gasteiger partial charge >= 0.3 is 12.1 Å². The first-order valence-corrected chi connectivity index (χ1v) is 12.8. The lowest BCUT2D eigenvalue weighted by atomic mass is 9.90. The fourth-order valence-corrected chi connectivity index (χ4v) is 5.47. The zero-order valence-electron chi connectivity index (χ0n) is 21.4. The predicted molar refractivity (Wildman–Crippen MR) is 139 cm³/mol. The third-order valence-electron chi connectivity index (χ3n) is 7.64. The van der Waals surface area contributed by atoms with Crippen LogP contribution in [0.25, 0.3) is 11.1 Å². The van der Waals surface area contributed by atoms with Gasteiger partial charge < -0.3 is 34.1 Å². The number of nitrogens with one attached hydrogen (secondary N) is 1. The Morgan fingerprint density at radius 2 is 1.50 bits per heavy atom. The van der Waals surface area contributed by atoms with Crippen molar-refractivity contribution < 1.29 is 33.6 Å². The summed E-state index contributed by atoms with van der Waals surface area (Å²) in [6, 6.07) is 22.1. The highest BCUT2D eigenvalue weighted by Crippen LogP contribution is 2.45. The molecule has 3 aliphatic heterocycles. The van der Waals surface area contributed by atoms with E-state index in [9.17, 15) is 9.90 Å². The highest BCUT2D eigenvalue weighted by Gasteiger charge is 2.57. The smallest absolute Gasteiger partial charge is 0.407 e. The molecule has 3 fully saturated rings. The van der Waals surface area contributed by atoms with Gasteiger partial charge in [-0.25, -0.2) is 4.79 Å². The minimum Gasteiger partial charge on any atom is -0.497 e. The van der Waals surface area contributed by atoms with Gasteiger partial charge in [0.05, 0.1) is 26.9 Å². The van der Waals surface area contributed by atoms with Gasteiger partial charge in [0.25, 0.3) is 0 Å². The molecule has 4 aliphatic rings. The fraction of sp³-hybridized carbons (Fsp3) is 0.367. The molecule has 8 nitrogen and oxygen atoms in total. The van der Waals surface area contributed by atoms with Crippen LogP contribution in [0.1, 0.15) is 35.6 Å². The molecule has 0 saturated carbocycles. The van der Waals surface area contributed by atoms with Crippen LogP contribution in [0.3, 0.4) is 0 Å². The molecule has 0 spiro atoms. The summed E-state index contributed by atoms with van der Waals surface area (Å²) in [6.07, 6.45) is -1.91. The molecular formula is C30H31NO7. The van der Waals surface area contributed by atoms with Crippen molar-refractivity contribution in [2.24, 2.45) is 5.41 Å².